The molecule has 0 saturated carbocycles. The topological polar surface area (TPSA) is 64.1 Å². The van der Waals surface area contributed by atoms with E-state index in [-0.39, 0.29) is 6.10 Å². The Bertz CT molecular complexity index is 832. The Labute approximate surface area is 179 Å². The summed E-state index contributed by atoms with van der Waals surface area (Å²) in [6.45, 7) is 4.91. The van der Waals surface area contributed by atoms with Crippen molar-refractivity contribution in [2.75, 3.05) is 33.9 Å². The maximum Gasteiger partial charge on any atom is 0.191 e. The maximum absolute atomic E-state index is 6.09. The molecule has 2 aromatic carbocycles. The second kappa shape index (κ2) is 11.5. The number of hydrogen-bond donors (Lipinski definition) is 2. The summed E-state index contributed by atoms with van der Waals surface area (Å²) in [4.78, 5) is 4.34. The molecule has 0 aromatic heterocycles. The highest BCUT2D eigenvalue weighted by Gasteiger charge is 2.17. The lowest BCUT2D eigenvalue weighted by Gasteiger charge is -2.17. The highest BCUT2D eigenvalue weighted by Crippen LogP contribution is 2.22. The van der Waals surface area contributed by atoms with E-state index in [4.69, 9.17) is 14.2 Å². The van der Waals surface area contributed by atoms with Gasteiger partial charge in [-0.25, -0.2) is 0 Å². The number of rotatable bonds is 9. The molecule has 1 atom stereocenters. The van der Waals surface area contributed by atoms with E-state index in [2.05, 4.69) is 46.8 Å². The van der Waals surface area contributed by atoms with E-state index in [1.807, 2.05) is 18.2 Å². The monoisotopic (exact) mass is 411 g/mol. The van der Waals surface area contributed by atoms with Gasteiger partial charge in [0.25, 0.3) is 0 Å². The largest absolute Gasteiger partial charge is 0.496 e. The number of benzene rings is 2. The minimum atomic E-state index is 0.204. The number of nitrogens with zero attached hydrogens (tertiary/aromatic N) is 1. The number of aryl methyl sites for hydroxylation is 1. The lowest BCUT2D eigenvalue weighted by atomic mass is 10.1. The summed E-state index contributed by atoms with van der Waals surface area (Å²) in [7, 11) is 3.48. The molecule has 1 aliphatic heterocycles. The predicted molar refractivity (Wildman–Crippen MR) is 121 cm³/mol. The van der Waals surface area contributed by atoms with Crippen molar-refractivity contribution in [1.82, 2.24) is 10.6 Å². The first-order valence-corrected chi connectivity index (χ1v) is 10.6. The lowest BCUT2D eigenvalue weighted by Crippen LogP contribution is -2.38. The van der Waals surface area contributed by atoms with E-state index in [1.165, 1.54) is 11.1 Å². The molecule has 1 aliphatic rings. The van der Waals surface area contributed by atoms with Crippen LogP contribution in [0.5, 0.6) is 11.5 Å². The Morgan fingerprint density at radius 3 is 2.77 bits per heavy atom. The van der Waals surface area contributed by atoms with Crippen LogP contribution in [0.25, 0.3) is 0 Å². The standard InChI is InChI=1S/C24H33N3O3/c1-18-10-11-20(23(15-18)30-17-21-8-6-14-29-21)16-27-24(25-2)26-13-12-19-7-4-5-9-22(19)28-3/h4-5,7,9-11,15,21H,6,8,12-14,16-17H2,1-3H3,(H2,25,26,27). The Hall–Kier alpha value is -2.73. The minimum Gasteiger partial charge on any atom is -0.496 e. The van der Waals surface area contributed by atoms with Crippen molar-refractivity contribution >= 4 is 5.96 Å². The molecule has 162 valence electrons. The van der Waals surface area contributed by atoms with Gasteiger partial charge in [-0.2, -0.15) is 0 Å². The van der Waals surface area contributed by atoms with Gasteiger partial charge in [-0.3, -0.25) is 4.99 Å². The number of hydrogen-bond acceptors (Lipinski definition) is 4. The number of para-hydroxylation sites is 1. The van der Waals surface area contributed by atoms with Gasteiger partial charge in [0.05, 0.1) is 13.2 Å². The highest BCUT2D eigenvalue weighted by atomic mass is 16.5. The normalized spacial score (nSPS) is 16.4. The number of nitrogens with one attached hydrogen (secondary N) is 2. The summed E-state index contributed by atoms with van der Waals surface area (Å²) in [6.07, 6.45) is 3.25. The van der Waals surface area contributed by atoms with Crippen molar-refractivity contribution in [1.29, 1.82) is 0 Å². The van der Waals surface area contributed by atoms with Crippen molar-refractivity contribution in [2.24, 2.45) is 4.99 Å². The average Bonchev–Trinajstić information content (AvgIpc) is 3.29. The van der Waals surface area contributed by atoms with Crippen molar-refractivity contribution in [3.63, 3.8) is 0 Å². The van der Waals surface area contributed by atoms with E-state index < -0.39 is 0 Å². The van der Waals surface area contributed by atoms with Crippen LogP contribution in [0, 0.1) is 6.92 Å². The van der Waals surface area contributed by atoms with Crippen molar-refractivity contribution in [2.45, 2.75) is 38.8 Å². The molecule has 2 aromatic rings. The van der Waals surface area contributed by atoms with Gasteiger partial charge in [0.15, 0.2) is 5.96 Å². The second-order valence-corrected chi connectivity index (χ2v) is 7.47. The van der Waals surface area contributed by atoms with Gasteiger partial charge in [-0.15, -0.1) is 0 Å². The zero-order chi connectivity index (χ0) is 21.2. The predicted octanol–water partition coefficient (Wildman–Crippen LogP) is 3.47. The molecule has 1 unspecified atom stereocenters. The summed E-state index contributed by atoms with van der Waals surface area (Å²) < 4.78 is 17.2. The van der Waals surface area contributed by atoms with Crippen LogP contribution in [-0.2, 0) is 17.7 Å². The van der Waals surface area contributed by atoms with Gasteiger partial charge in [0.1, 0.15) is 18.1 Å². The third-order valence-electron chi connectivity index (χ3n) is 5.22. The number of methoxy groups -OCH3 is 1. The molecule has 0 radical (unpaired) electrons. The van der Waals surface area contributed by atoms with Gasteiger partial charge >= 0.3 is 0 Å². The fourth-order valence-electron chi connectivity index (χ4n) is 3.53. The lowest BCUT2D eigenvalue weighted by molar-refractivity contribution is 0.0676. The zero-order valence-corrected chi connectivity index (χ0v) is 18.2. The van der Waals surface area contributed by atoms with Crippen LogP contribution in [0.15, 0.2) is 47.5 Å². The minimum absolute atomic E-state index is 0.204. The molecular weight excluding hydrogens is 378 g/mol. The second-order valence-electron chi connectivity index (χ2n) is 7.47. The molecule has 1 heterocycles. The molecule has 2 N–H and O–H groups in total. The van der Waals surface area contributed by atoms with Gasteiger partial charge in [-0.1, -0.05) is 30.3 Å². The Morgan fingerprint density at radius 2 is 2.00 bits per heavy atom. The van der Waals surface area contributed by atoms with Gasteiger partial charge < -0.3 is 24.8 Å². The van der Waals surface area contributed by atoms with Gasteiger partial charge in [0, 0.05) is 32.3 Å². The first-order chi connectivity index (χ1) is 14.7. The molecule has 6 nitrogen and oxygen atoms in total. The average molecular weight is 412 g/mol. The van der Waals surface area contributed by atoms with Crippen molar-refractivity contribution in [3.8, 4) is 11.5 Å². The van der Waals surface area contributed by atoms with Crippen LogP contribution in [0.1, 0.15) is 29.5 Å². The maximum atomic E-state index is 6.09. The summed E-state index contributed by atoms with van der Waals surface area (Å²) in [6, 6.07) is 14.4. The van der Waals surface area contributed by atoms with Crippen molar-refractivity contribution < 1.29 is 14.2 Å². The third kappa shape index (κ3) is 6.39. The van der Waals surface area contributed by atoms with Crippen LogP contribution >= 0.6 is 0 Å². The highest BCUT2D eigenvalue weighted by molar-refractivity contribution is 5.79. The number of aliphatic imine (C=N–C) groups is 1. The molecule has 1 saturated heterocycles. The van der Waals surface area contributed by atoms with Crippen molar-refractivity contribution in [3.05, 3.63) is 59.2 Å². The number of ether oxygens (including phenoxy) is 3. The van der Waals surface area contributed by atoms with Crippen LogP contribution in [0.4, 0.5) is 0 Å². The third-order valence-corrected chi connectivity index (χ3v) is 5.22. The van der Waals surface area contributed by atoms with E-state index in [9.17, 15) is 0 Å². The summed E-state index contributed by atoms with van der Waals surface area (Å²) in [5, 5.41) is 6.75. The Balaban J connectivity index is 1.51. The molecule has 30 heavy (non-hydrogen) atoms. The summed E-state index contributed by atoms with van der Waals surface area (Å²) >= 11 is 0. The van der Waals surface area contributed by atoms with Crippen LogP contribution in [0.2, 0.25) is 0 Å². The van der Waals surface area contributed by atoms with Crippen LogP contribution in [0.3, 0.4) is 0 Å². The molecule has 3 rings (SSSR count). The fraction of sp³-hybridized carbons (Fsp3) is 0.458. The molecule has 0 bridgehead atoms. The first-order valence-electron chi connectivity index (χ1n) is 10.6. The molecule has 6 heteroatoms. The summed E-state index contributed by atoms with van der Waals surface area (Å²) in [5.74, 6) is 2.58. The molecular formula is C24H33N3O3. The van der Waals surface area contributed by atoms with E-state index in [0.717, 1.165) is 55.4 Å². The quantitative estimate of drug-likeness (QED) is 0.489. The molecule has 0 amide bonds. The molecule has 0 spiro atoms. The molecule has 1 fully saturated rings. The Morgan fingerprint density at radius 1 is 1.13 bits per heavy atom. The van der Waals surface area contributed by atoms with Crippen LogP contribution in [-0.4, -0.2) is 46.0 Å². The SMILES string of the molecule is CN=C(NCCc1ccccc1OC)NCc1ccc(C)cc1OCC1CCCO1. The van der Waals surface area contributed by atoms with E-state index >= 15 is 0 Å². The Kier molecular flexibility index (Phi) is 8.39. The fourth-order valence-corrected chi connectivity index (χ4v) is 3.53. The van der Waals surface area contributed by atoms with Crippen LogP contribution < -0.4 is 20.1 Å². The van der Waals surface area contributed by atoms with E-state index in [0.29, 0.717) is 13.2 Å². The smallest absolute Gasteiger partial charge is 0.191 e. The van der Waals surface area contributed by atoms with Gasteiger partial charge in [-0.05, 0) is 49.4 Å². The zero-order valence-electron chi connectivity index (χ0n) is 18.2. The van der Waals surface area contributed by atoms with E-state index in [1.54, 1.807) is 14.2 Å². The molecule has 0 aliphatic carbocycles. The first kappa shape index (κ1) is 22.0. The summed E-state index contributed by atoms with van der Waals surface area (Å²) in [5.41, 5.74) is 3.46. The number of guanidine groups is 1. The van der Waals surface area contributed by atoms with Gasteiger partial charge in [0.2, 0.25) is 0 Å².